The van der Waals surface area contributed by atoms with Gasteiger partial charge in [0.15, 0.2) is 0 Å². The highest BCUT2D eigenvalue weighted by molar-refractivity contribution is 9.10. The van der Waals surface area contributed by atoms with E-state index in [1.54, 1.807) is 12.1 Å². The van der Waals surface area contributed by atoms with Gasteiger partial charge in [0, 0.05) is 16.9 Å². The Morgan fingerprint density at radius 3 is 2.48 bits per heavy atom. The molecule has 0 saturated heterocycles. The number of carbonyl (C=O) groups excluding carboxylic acids is 1. The molecule has 1 saturated carbocycles. The summed E-state index contributed by atoms with van der Waals surface area (Å²) >= 11 is 3.37. The molecule has 2 rings (SSSR count). The van der Waals surface area contributed by atoms with Gasteiger partial charge in [0.05, 0.1) is 5.56 Å². The number of halogens is 2. The predicted octanol–water partition coefficient (Wildman–Crippen LogP) is 4.15. The number of hydrogen-bond acceptors (Lipinski definition) is 3. The predicted molar refractivity (Wildman–Crippen MR) is 91.1 cm³/mol. The second-order valence-electron chi connectivity index (χ2n) is 5.76. The van der Waals surface area contributed by atoms with Crippen molar-refractivity contribution < 1.29 is 9.53 Å². The maximum atomic E-state index is 12.2. The first-order chi connectivity index (χ1) is 9.56. The molecule has 2 atom stereocenters. The summed E-state index contributed by atoms with van der Waals surface area (Å²) in [6, 6.07) is 7.34. The van der Waals surface area contributed by atoms with Crippen molar-refractivity contribution in [1.82, 2.24) is 4.90 Å². The summed E-state index contributed by atoms with van der Waals surface area (Å²) in [5.74, 6) is 0.256. The maximum Gasteiger partial charge on any atom is 0.338 e. The second-order valence-corrected chi connectivity index (χ2v) is 6.67. The molecule has 1 aromatic carbocycles. The quantitative estimate of drug-likeness (QED) is 0.739. The molecular formula is C16H23BrClNO2. The van der Waals surface area contributed by atoms with Crippen molar-refractivity contribution in [3.05, 3.63) is 34.3 Å². The number of carbonyl (C=O) groups is 1. The van der Waals surface area contributed by atoms with E-state index in [4.69, 9.17) is 4.74 Å². The minimum Gasteiger partial charge on any atom is -0.458 e. The van der Waals surface area contributed by atoms with E-state index >= 15 is 0 Å². The average molecular weight is 377 g/mol. The zero-order valence-electron chi connectivity index (χ0n) is 12.5. The van der Waals surface area contributed by atoms with Crippen LogP contribution >= 0.6 is 28.3 Å². The van der Waals surface area contributed by atoms with E-state index in [-0.39, 0.29) is 24.5 Å². The largest absolute Gasteiger partial charge is 0.458 e. The van der Waals surface area contributed by atoms with Gasteiger partial charge < -0.3 is 9.64 Å². The van der Waals surface area contributed by atoms with E-state index in [1.807, 2.05) is 12.1 Å². The van der Waals surface area contributed by atoms with Gasteiger partial charge in [-0.25, -0.2) is 4.79 Å². The molecule has 0 aliphatic heterocycles. The third-order valence-electron chi connectivity index (χ3n) is 3.78. The molecule has 0 bridgehead atoms. The average Bonchev–Trinajstić information content (AvgIpc) is 2.41. The fraction of sp³-hybridized carbons (Fsp3) is 0.562. The maximum absolute atomic E-state index is 12.2. The Morgan fingerprint density at radius 2 is 1.86 bits per heavy atom. The number of benzene rings is 1. The monoisotopic (exact) mass is 375 g/mol. The third kappa shape index (κ3) is 5.61. The van der Waals surface area contributed by atoms with Gasteiger partial charge in [-0.2, -0.15) is 0 Å². The van der Waals surface area contributed by atoms with Crippen LogP contribution in [-0.2, 0) is 4.74 Å². The smallest absolute Gasteiger partial charge is 0.338 e. The van der Waals surface area contributed by atoms with Crippen LogP contribution in [0.4, 0.5) is 0 Å². The van der Waals surface area contributed by atoms with Gasteiger partial charge in [0.1, 0.15) is 6.10 Å². The van der Waals surface area contributed by atoms with Crippen LogP contribution in [0.1, 0.15) is 36.0 Å². The van der Waals surface area contributed by atoms with Gasteiger partial charge in [-0.1, -0.05) is 22.4 Å². The van der Waals surface area contributed by atoms with Crippen LogP contribution in [0, 0.1) is 5.92 Å². The van der Waals surface area contributed by atoms with Crippen molar-refractivity contribution in [3.8, 4) is 0 Å². The van der Waals surface area contributed by atoms with E-state index < -0.39 is 0 Å². The minimum absolute atomic E-state index is 0. The molecule has 1 fully saturated rings. The lowest BCUT2D eigenvalue weighted by atomic mass is 9.86. The molecular weight excluding hydrogens is 354 g/mol. The molecule has 1 aliphatic rings. The summed E-state index contributed by atoms with van der Waals surface area (Å²) in [5, 5.41) is 0. The number of ether oxygens (including phenoxy) is 1. The van der Waals surface area contributed by atoms with Crippen molar-refractivity contribution in [2.45, 2.75) is 31.8 Å². The molecule has 2 unspecified atom stereocenters. The number of rotatable bonds is 4. The van der Waals surface area contributed by atoms with Crippen LogP contribution in [0.25, 0.3) is 0 Å². The summed E-state index contributed by atoms with van der Waals surface area (Å²) in [4.78, 5) is 14.4. The molecule has 21 heavy (non-hydrogen) atoms. The highest BCUT2D eigenvalue weighted by Crippen LogP contribution is 2.28. The summed E-state index contributed by atoms with van der Waals surface area (Å²) < 4.78 is 6.72. The fourth-order valence-electron chi connectivity index (χ4n) is 2.80. The van der Waals surface area contributed by atoms with E-state index in [2.05, 4.69) is 34.9 Å². The first kappa shape index (κ1) is 18.5. The van der Waals surface area contributed by atoms with Gasteiger partial charge >= 0.3 is 5.97 Å². The third-order valence-corrected chi connectivity index (χ3v) is 4.31. The van der Waals surface area contributed by atoms with Crippen LogP contribution in [0.15, 0.2) is 28.7 Å². The minimum atomic E-state index is -0.201. The van der Waals surface area contributed by atoms with Crippen LogP contribution in [0.3, 0.4) is 0 Å². The van der Waals surface area contributed by atoms with Crippen LogP contribution in [0.5, 0.6) is 0 Å². The lowest BCUT2D eigenvalue weighted by Gasteiger charge is -2.32. The van der Waals surface area contributed by atoms with Crippen molar-refractivity contribution in [2.24, 2.45) is 5.92 Å². The molecule has 0 radical (unpaired) electrons. The summed E-state index contributed by atoms with van der Waals surface area (Å²) in [5.41, 5.74) is 0.627. The summed E-state index contributed by atoms with van der Waals surface area (Å²) in [6.07, 6.45) is 4.59. The molecule has 118 valence electrons. The van der Waals surface area contributed by atoms with Gasteiger partial charge in [0.2, 0.25) is 0 Å². The van der Waals surface area contributed by atoms with E-state index in [9.17, 15) is 4.79 Å². The lowest BCUT2D eigenvalue weighted by Crippen LogP contribution is -2.36. The molecule has 1 aliphatic carbocycles. The molecule has 0 aromatic heterocycles. The second kappa shape index (κ2) is 8.76. The Balaban J connectivity index is 0.00000220. The van der Waals surface area contributed by atoms with Crippen molar-refractivity contribution in [3.63, 3.8) is 0 Å². The van der Waals surface area contributed by atoms with Crippen LogP contribution in [-0.4, -0.2) is 37.6 Å². The van der Waals surface area contributed by atoms with Gasteiger partial charge in [-0.05, 0) is 57.6 Å². The Labute approximate surface area is 141 Å². The molecule has 0 amide bonds. The van der Waals surface area contributed by atoms with Crippen molar-refractivity contribution in [2.75, 3.05) is 20.6 Å². The van der Waals surface area contributed by atoms with E-state index in [0.717, 1.165) is 30.3 Å². The number of hydrogen-bond donors (Lipinski definition) is 0. The molecule has 1 aromatic rings. The Kier molecular flexibility index (Phi) is 7.71. The SMILES string of the molecule is CN(C)CC1CCCCC1OC(=O)c1ccc(Br)cc1.Cl. The lowest BCUT2D eigenvalue weighted by molar-refractivity contribution is -0.00324. The zero-order valence-corrected chi connectivity index (χ0v) is 15.0. The topological polar surface area (TPSA) is 29.5 Å². The summed E-state index contributed by atoms with van der Waals surface area (Å²) in [7, 11) is 4.14. The van der Waals surface area contributed by atoms with Gasteiger partial charge in [0.25, 0.3) is 0 Å². The Morgan fingerprint density at radius 1 is 1.24 bits per heavy atom. The molecule has 5 heteroatoms. The molecule has 3 nitrogen and oxygen atoms in total. The number of nitrogens with zero attached hydrogens (tertiary/aromatic N) is 1. The first-order valence-electron chi connectivity index (χ1n) is 7.17. The van der Waals surface area contributed by atoms with Crippen LogP contribution in [0.2, 0.25) is 0 Å². The van der Waals surface area contributed by atoms with Gasteiger partial charge in [-0.15, -0.1) is 12.4 Å². The Hall–Kier alpha value is -0.580. The van der Waals surface area contributed by atoms with Gasteiger partial charge in [-0.3, -0.25) is 0 Å². The van der Waals surface area contributed by atoms with Crippen LogP contribution < -0.4 is 0 Å². The highest BCUT2D eigenvalue weighted by Gasteiger charge is 2.28. The zero-order chi connectivity index (χ0) is 14.5. The normalized spacial score (nSPS) is 21.7. The molecule has 0 N–H and O–H groups in total. The highest BCUT2D eigenvalue weighted by atomic mass is 79.9. The van der Waals surface area contributed by atoms with Crippen molar-refractivity contribution in [1.29, 1.82) is 0 Å². The molecule has 0 heterocycles. The Bertz CT molecular complexity index is 450. The molecule has 0 spiro atoms. The fourth-order valence-corrected chi connectivity index (χ4v) is 3.06. The van der Waals surface area contributed by atoms with E-state index in [0.29, 0.717) is 11.5 Å². The standard InChI is InChI=1S/C16H22BrNO2.ClH/c1-18(2)11-13-5-3-4-6-15(13)20-16(19)12-7-9-14(17)10-8-12;/h7-10,13,15H,3-6,11H2,1-2H3;1H. The van der Waals surface area contributed by atoms with Crippen molar-refractivity contribution >= 4 is 34.3 Å². The first-order valence-corrected chi connectivity index (χ1v) is 7.97. The number of esters is 1. The van der Waals surface area contributed by atoms with E-state index in [1.165, 1.54) is 6.42 Å². The summed E-state index contributed by atoms with van der Waals surface area (Å²) in [6.45, 7) is 0.984.